The minimum Gasteiger partial charge on any atom is -0.336 e. The van der Waals surface area contributed by atoms with Crippen molar-refractivity contribution in [2.45, 2.75) is 17.2 Å². The van der Waals surface area contributed by atoms with Gasteiger partial charge in [-0.2, -0.15) is 0 Å². The van der Waals surface area contributed by atoms with Gasteiger partial charge >= 0.3 is 0 Å². The molecule has 1 unspecified atom stereocenters. The zero-order valence-corrected chi connectivity index (χ0v) is 15.3. The van der Waals surface area contributed by atoms with E-state index in [0.29, 0.717) is 10.6 Å². The first-order chi connectivity index (χ1) is 12.1. The summed E-state index contributed by atoms with van der Waals surface area (Å²) in [5, 5.41) is 3.64. The summed E-state index contributed by atoms with van der Waals surface area (Å²) in [5.41, 5.74) is 2.89. The lowest BCUT2D eigenvalue weighted by Gasteiger charge is -2.19. The molecule has 0 saturated heterocycles. The van der Waals surface area contributed by atoms with Crippen LogP contribution in [0, 0.1) is 6.92 Å². The van der Waals surface area contributed by atoms with Crippen LogP contribution >= 0.6 is 23.4 Å². The van der Waals surface area contributed by atoms with Gasteiger partial charge in [-0.05, 0) is 48.9 Å². The van der Waals surface area contributed by atoms with Gasteiger partial charge in [-0.15, -0.1) is 0 Å². The van der Waals surface area contributed by atoms with Gasteiger partial charge in [0.2, 0.25) is 0 Å². The fourth-order valence-electron chi connectivity index (χ4n) is 2.36. The number of halogens is 1. The summed E-state index contributed by atoms with van der Waals surface area (Å²) in [4.78, 5) is 13.6. The van der Waals surface area contributed by atoms with E-state index >= 15 is 0 Å². The molecule has 0 radical (unpaired) electrons. The Balaban J connectivity index is 1.84. The second-order valence-corrected chi connectivity index (χ2v) is 7.32. The first-order valence-electron chi connectivity index (χ1n) is 7.96. The molecule has 0 bridgehead atoms. The molecule has 3 aromatic rings. The van der Waals surface area contributed by atoms with Crippen LogP contribution in [0.4, 0.5) is 0 Å². The first-order valence-corrected chi connectivity index (χ1v) is 9.22. The third kappa shape index (κ3) is 4.88. The third-order valence-corrected chi connectivity index (χ3v) is 5.17. The zero-order chi connectivity index (χ0) is 17.6. The van der Waals surface area contributed by atoms with Gasteiger partial charge < -0.3 is 5.32 Å². The Morgan fingerprint density at radius 3 is 2.20 bits per heavy atom. The summed E-state index contributed by atoms with van der Waals surface area (Å²) in [7, 11) is 0. The van der Waals surface area contributed by atoms with Gasteiger partial charge in [-0.1, -0.05) is 71.4 Å². The Bertz CT molecular complexity index is 832. The average molecular weight is 368 g/mol. The van der Waals surface area contributed by atoms with Crippen molar-refractivity contribution in [2.75, 3.05) is 0 Å². The van der Waals surface area contributed by atoms with Crippen LogP contribution in [0.3, 0.4) is 0 Å². The Morgan fingerprint density at radius 1 is 0.920 bits per heavy atom. The molecular formula is C21H18ClNOS. The molecular weight excluding hydrogens is 350 g/mol. The fraction of sp³-hybridized carbons (Fsp3) is 0.0952. The highest BCUT2D eigenvalue weighted by molar-refractivity contribution is 7.99. The fourth-order valence-corrected chi connectivity index (χ4v) is 3.51. The van der Waals surface area contributed by atoms with Gasteiger partial charge in [0.1, 0.15) is 5.37 Å². The predicted octanol–water partition coefficient (Wildman–Crippen LogP) is 5.87. The van der Waals surface area contributed by atoms with E-state index in [1.807, 2.05) is 73.7 Å². The van der Waals surface area contributed by atoms with Crippen molar-refractivity contribution in [3.63, 3.8) is 0 Å². The Morgan fingerprint density at radius 2 is 1.56 bits per heavy atom. The molecule has 0 aliphatic rings. The minimum atomic E-state index is -0.186. The molecule has 4 heteroatoms. The van der Waals surface area contributed by atoms with E-state index in [1.54, 1.807) is 11.8 Å². The summed E-state index contributed by atoms with van der Waals surface area (Å²) in [5.74, 6) is -0.0901. The number of carbonyl (C=O) groups is 1. The summed E-state index contributed by atoms with van der Waals surface area (Å²) in [6, 6.07) is 25.1. The van der Waals surface area contributed by atoms with Crippen LogP contribution in [-0.4, -0.2) is 5.91 Å². The maximum atomic E-state index is 12.6. The summed E-state index contributed by atoms with van der Waals surface area (Å²) < 4.78 is 0. The zero-order valence-electron chi connectivity index (χ0n) is 13.8. The maximum absolute atomic E-state index is 12.6. The molecule has 1 atom stereocenters. The molecule has 0 spiro atoms. The third-order valence-electron chi connectivity index (χ3n) is 3.75. The van der Waals surface area contributed by atoms with E-state index in [0.717, 1.165) is 10.5 Å². The number of hydrogen-bond donors (Lipinski definition) is 1. The summed E-state index contributed by atoms with van der Waals surface area (Å²) >= 11 is 7.56. The Kier molecular flexibility index (Phi) is 5.79. The van der Waals surface area contributed by atoms with Crippen LogP contribution in [0.1, 0.15) is 26.9 Å². The molecule has 3 rings (SSSR count). The second kappa shape index (κ2) is 8.24. The van der Waals surface area contributed by atoms with Crippen LogP contribution in [0.2, 0.25) is 5.02 Å². The quantitative estimate of drug-likeness (QED) is 0.451. The van der Waals surface area contributed by atoms with Crippen LogP contribution < -0.4 is 5.32 Å². The van der Waals surface area contributed by atoms with E-state index < -0.39 is 0 Å². The molecule has 1 N–H and O–H groups in total. The lowest BCUT2D eigenvalue weighted by molar-refractivity contribution is 0.0949. The molecule has 25 heavy (non-hydrogen) atoms. The van der Waals surface area contributed by atoms with Crippen molar-refractivity contribution < 1.29 is 4.79 Å². The van der Waals surface area contributed by atoms with E-state index in [4.69, 9.17) is 11.6 Å². The van der Waals surface area contributed by atoms with Crippen molar-refractivity contribution in [2.24, 2.45) is 0 Å². The normalized spacial score (nSPS) is 11.8. The van der Waals surface area contributed by atoms with Gasteiger partial charge in [-0.3, -0.25) is 4.79 Å². The number of nitrogens with one attached hydrogen (secondary N) is 1. The average Bonchev–Trinajstić information content (AvgIpc) is 2.64. The number of benzene rings is 3. The van der Waals surface area contributed by atoms with Gasteiger partial charge in [0.15, 0.2) is 0 Å². The van der Waals surface area contributed by atoms with E-state index in [9.17, 15) is 4.79 Å². The van der Waals surface area contributed by atoms with Crippen molar-refractivity contribution in [1.82, 2.24) is 5.32 Å². The van der Waals surface area contributed by atoms with Crippen molar-refractivity contribution in [3.05, 3.63) is 101 Å². The molecule has 0 heterocycles. The monoisotopic (exact) mass is 367 g/mol. The SMILES string of the molecule is Cc1ccc(C(NC(=O)c2ccccc2)Sc2ccc(Cl)cc2)cc1. The largest absolute Gasteiger partial charge is 0.336 e. The van der Waals surface area contributed by atoms with E-state index in [2.05, 4.69) is 17.4 Å². The minimum absolute atomic E-state index is 0.0901. The maximum Gasteiger partial charge on any atom is 0.252 e. The molecule has 3 aromatic carbocycles. The topological polar surface area (TPSA) is 29.1 Å². The summed E-state index contributed by atoms with van der Waals surface area (Å²) in [6.07, 6.45) is 0. The van der Waals surface area contributed by atoms with Crippen LogP contribution in [0.5, 0.6) is 0 Å². The standard InChI is InChI=1S/C21H18ClNOS/c1-15-7-9-17(10-8-15)21(25-19-13-11-18(22)12-14-19)23-20(24)16-5-3-2-4-6-16/h2-14,21H,1H3,(H,23,24). The summed E-state index contributed by atoms with van der Waals surface area (Å²) in [6.45, 7) is 2.05. The molecule has 0 aliphatic heterocycles. The van der Waals surface area contributed by atoms with Gasteiger partial charge in [-0.25, -0.2) is 0 Å². The number of hydrogen-bond acceptors (Lipinski definition) is 2. The van der Waals surface area contributed by atoms with Crippen molar-refractivity contribution in [1.29, 1.82) is 0 Å². The molecule has 1 amide bonds. The number of rotatable bonds is 5. The van der Waals surface area contributed by atoms with Gasteiger partial charge in [0, 0.05) is 15.5 Å². The van der Waals surface area contributed by atoms with E-state index in [1.165, 1.54) is 5.56 Å². The highest BCUT2D eigenvalue weighted by Gasteiger charge is 2.17. The predicted molar refractivity (Wildman–Crippen MR) is 105 cm³/mol. The van der Waals surface area contributed by atoms with Crippen LogP contribution in [-0.2, 0) is 0 Å². The van der Waals surface area contributed by atoms with Crippen molar-refractivity contribution in [3.8, 4) is 0 Å². The number of aryl methyl sites for hydroxylation is 1. The Labute approximate surface area is 157 Å². The molecule has 0 saturated carbocycles. The number of thioether (sulfide) groups is 1. The first kappa shape index (κ1) is 17.6. The molecule has 0 aromatic heterocycles. The molecule has 0 fully saturated rings. The van der Waals surface area contributed by atoms with Gasteiger partial charge in [0.25, 0.3) is 5.91 Å². The highest BCUT2D eigenvalue weighted by Crippen LogP contribution is 2.34. The van der Waals surface area contributed by atoms with Crippen LogP contribution in [0.25, 0.3) is 0 Å². The van der Waals surface area contributed by atoms with Crippen molar-refractivity contribution >= 4 is 29.3 Å². The molecule has 126 valence electrons. The number of amides is 1. The highest BCUT2D eigenvalue weighted by atomic mass is 35.5. The lowest BCUT2D eigenvalue weighted by atomic mass is 10.1. The van der Waals surface area contributed by atoms with Crippen LogP contribution in [0.15, 0.2) is 83.8 Å². The van der Waals surface area contributed by atoms with Gasteiger partial charge in [0.05, 0.1) is 0 Å². The molecule has 2 nitrogen and oxygen atoms in total. The van der Waals surface area contributed by atoms with E-state index in [-0.39, 0.29) is 11.3 Å². The smallest absolute Gasteiger partial charge is 0.252 e. The number of carbonyl (C=O) groups excluding carboxylic acids is 1. The Hall–Kier alpha value is -2.23. The second-order valence-electron chi connectivity index (χ2n) is 5.70. The molecule has 0 aliphatic carbocycles. The lowest BCUT2D eigenvalue weighted by Crippen LogP contribution is -2.26.